The number of aliphatic hydroxyl groups is 1. The SMILES string of the molecule is CO/N=C1\C=C2CC[C@H]3[C@@H]4CC/C(=N\OC)[C@@]4(C)[C@H](O)C[C@@H]3[C@@]2(C)CC1. The Bertz CT molecular complexity index is 670. The van der Waals surface area contributed by atoms with E-state index >= 15 is 0 Å². The number of hydrogen-bond donors (Lipinski definition) is 1. The van der Waals surface area contributed by atoms with Crippen molar-refractivity contribution in [1.82, 2.24) is 0 Å². The van der Waals surface area contributed by atoms with Crippen molar-refractivity contribution in [3.05, 3.63) is 11.6 Å². The fraction of sp³-hybridized carbons (Fsp3) is 0.810. The lowest BCUT2D eigenvalue weighted by Gasteiger charge is -2.58. The average molecular weight is 360 g/mol. The van der Waals surface area contributed by atoms with Crippen molar-refractivity contribution < 1.29 is 14.8 Å². The van der Waals surface area contributed by atoms with Crippen molar-refractivity contribution in [2.75, 3.05) is 14.2 Å². The first-order chi connectivity index (χ1) is 12.4. The Kier molecular flexibility index (Phi) is 4.41. The smallest absolute Gasteiger partial charge is 0.106 e. The van der Waals surface area contributed by atoms with Crippen LogP contribution in [0.3, 0.4) is 0 Å². The van der Waals surface area contributed by atoms with E-state index in [1.807, 2.05) is 0 Å². The summed E-state index contributed by atoms with van der Waals surface area (Å²) in [5, 5.41) is 19.7. The summed E-state index contributed by atoms with van der Waals surface area (Å²) in [5.74, 6) is 1.72. The number of rotatable bonds is 2. The Morgan fingerprint density at radius 1 is 1.04 bits per heavy atom. The Balaban J connectivity index is 1.68. The number of aliphatic hydroxyl groups excluding tert-OH is 1. The molecule has 1 N–H and O–H groups in total. The van der Waals surface area contributed by atoms with Gasteiger partial charge in [0, 0.05) is 5.41 Å². The fourth-order valence-corrected chi connectivity index (χ4v) is 6.78. The van der Waals surface area contributed by atoms with E-state index in [0.29, 0.717) is 17.8 Å². The molecule has 0 unspecified atom stereocenters. The molecule has 3 fully saturated rings. The summed E-state index contributed by atoms with van der Waals surface area (Å²) >= 11 is 0. The van der Waals surface area contributed by atoms with E-state index in [0.717, 1.165) is 49.9 Å². The molecule has 144 valence electrons. The van der Waals surface area contributed by atoms with Gasteiger partial charge in [0.1, 0.15) is 14.2 Å². The monoisotopic (exact) mass is 360 g/mol. The zero-order valence-electron chi connectivity index (χ0n) is 16.5. The molecule has 0 radical (unpaired) electrons. The van der Waals surface area contributed by atoms with E-state index < -0.39 is 0 Å². The molecule has 5 heteroatoms. The molecule has 0 aliphatic heterocycles. The Morgan fingerprint density at radius 2 is 1.81 bits per heavy atom. The molecule has 0 aromatic carbocycles. The van der Waals surface area contributed by atoms with Gasteiger partial charge in [-0.25, -0.2) is 0 Å². The Labute approximate surface area is 156 Å². The van der Waals surface area contributed by atoms with Gasteiger partial charge in [-0.15, -0.1) is 0 Å². The molecule has 0 amide bonds. The standard InChI is InChI=1S/C21H32N2O3/c1-20-10-9-14(22-25-3)11-13(20)5-6-15-16-7-8-18(23-26-4)21(16,2)19(24)12-17(15)20/h11,15-17,19,24H,5-10,12H2,1-4H3/b22-14-,23-18+/t15-,16-,17-,19+,20-,21-/m0/s1. The molecule has 4 rings (SSSR count). The molecule has 5 nitrogen and oxygen atoms in total. The normalized spacial score (nSPS) is 47.8. The summed E-state index contributed by atoms with van der Waals surface area (Å²) in [7, 11) is 3.23. The van der Waals surface area contributed by atoms with Gasteiger partial charge in [-0.05, 0) is 74.2 Å². The molecule has 0 aromatic rings. The van der Waals surface area contributed by atoms with Gasteiger partial charge in [0.2, 0.25) is 0 Å². The molecule has 0 aromatic heterocycles. The van der Waals surface area contributed by atoms with Crippen molar-refractivity contribution >= 4 is 11.4 Å². The van der Waals surface area contributed by atoms with Crippen molar-refractivity contribution in [2.45, 2.75) is 64.9 Å². The third-order valence-corrected chi connectivity index (χ3v) is 8.24. The van der Waals surface area contributed by atoms with Gasteiger partial charge < -0.3 is 14.8 Å². The molecule has 26 heavy (non-hydrogen) atoms. The van der Waals surface area contributed by atoms with E-state index in [1.165, 1.54) is 12.0 Å². The summed E-state index contributed by atoms with van der Waals surface area (Å²) in [4.78, 5) is 10.1. The summed E-state index contributed by atoms with van der Waals surface area (Å²) in [6.45, 7) is 4.65. The molecule has 0 bridgehead atoms. The first kappa shape index (κ1) is 18.0. The Hall–Kier alpha value is -1.36. The highest BCUT2D eigenvalue weighted by Gasteiger charge is 2.61. The number of fused-ring (bicyclic) bond motifs is 5. The number of hydrogen-bond acceptors (Lipinski definition) is 5. The van der Waals surface area contributed by atoms with Gasteiger partial charge in [-0.2, -0.15) is 0 Å². The molecular formula is C21H32N2O3. The quantitative estimate of drug-likeness (QED) is 0.759. The van der Waals surface area contributed by atoms with Crippen LogP contribution in [0.2, 0.25) is 0 Å². The predicted molar refractivity (Wildman–Crippen MR) is 102 cm³/mol. The first-order valence-electron chi connectivity index (χ1n) is 10.0. The van der Waals surface area contributed by atoms with Crippen LogP contribution in [-0.4, -0.2) is 36.9 Å². The van der Waals surface area contributed by atoms with Gasteiger partial charge in [0.25, 0.3) is 0 Å². The van der Waals surface area contributed by atoms with Gasteiger partial charge in [-0.1, -0.05) is 29.7 Å². The van der Waals surface area contributed by atoms with Crippen LogP contribution in [0, 0.1) is 28.6 Å². The van der Waals surface area contributed by atoms with Crippen LogP contribution in [0.15, 0.2) is 22.0 Å². The maximum atomic E-state index is 11.2. The predicted octanol–water partition coefficient (Wildman–Crippen LogP) is 3.92. The van der Waals surface area contributed by atoms with Gasteiger partial charge in [-0.3, -0.25) is 0 Å². The van der Waals surface area contributed by atoms with Crippen molar-refractivity contribution in [2.24, 2.45) is 38.9 Å². The van der Waals surface area contributed by atoms with E-state index in [1.54, 1.807) is 14.2 Å². The minimum atomic E-state index is -0.338. The second kappa shape index (κ2) is 6.36. The molecule has 0 spiro atoms. The summed E-state index contributed by atoms with van der Waals surface area (Å²) < 4.78 is 0. The zero-order valence-corrected chi connectivity index (χ0v) is 16.5. The zero-order chi connectivity index (χ0) is 18.5. The topological polar surface area (TPSA) is 63.4 Å². The van der Waals surface area contributed by atoms with Gasteiger partial charge >= 0.3 is 0 Å². The molecule has 6 atom stereocenters. The van der Waals surface area contributed by atoms with E-state index in [-0.39, 0.29) is 16.9 Å². The maximum absolute atomic E-state index is 11.2. The lowest BCUT2D eigenvalue weighted by atomic mass is 9.46. The van der Waals surface area contributed by atoms with Crippen LogP contribution in [0.4, 0.5) is 0 Å². The molecule has 4 aliphatic rings. The molecule has 3 saturated carbocycles. The van der Waals surface area contributed by atoms with E-state index in [2.05, 4.69) is 30.2 Å². The molecule has 0 heterocycles. The number of oxime groups is 2. The maximum Gasteiger partial charge on any atom is 0.106 e. The summed E-state index contributed by atoms with van der Waals surface area (Å²) in [5.41, 5.74) is 3.61. The van der Waals surface area contributed by atoms with Crippen LogP contribution in [0.5, 0.6) is 0 Å². The van der Waals surface area contributed by atoms with Crippen LogP contribution in [-0.2, 0) is 9.68 Å². The lowest BCUT2D eigenvalue weighted by molar-refractivity contribution is -0.0925. The molecule has 4 aliphatic carbocycles. The van der Waals surface area contributed by atoms with E-state index in [9.17, 15) is 5.11 Å². The largest absolute Gasteiger partial charge is 0.399 e. The third kappa shape index (κ3) is 2.39. The number of nitrogens with zero attached hydrogens (tertiary/aromatic N) is 2. The summed E-state index contributed by atoms with van der Waals surface area (Å²) in [6, 6.07) is 0. The van der Waals surface area contributed by atoms with E-state index in [4.69, 9.17) is 9.68 Å². The lowest BCUT2D eigenvalue weighted by Crippen LogP contribution is -2.56. The minimum absolute atomic E-state index is 0.180. The van der Waals surface area contributed by atoms with Crippen LogP contribution in [0.1, 0.15) is 58.8 Å². The second-order valence-corrected chi connectivity index (χ2v) is 9.06. The molecule has 0 saturated heterocycles. The van der Waals surface area contributed by atoms with Crippen molar-refractivity contribution in [3.8, 4) is 0 Å². The second-order valence-electron chi connectivity index (χ2n) is 9.06. The van der Waals surface area contributed by atoms with Crippen molar-refractivity contribution in [1.29, 1.82) is 0 Å². The highest BCUT2D eigenvalue weighted by molar-refractivity contribution is 5.96. The van der Waals surface area contributed by atoms with Crippen molar-refractivity contribution in [3.63, 3.8) is 0 Å². The van der Waals surface area contributed by atoms with Crippen LogP contribution in [0.25, 0.3) is 0 Å². The Morgan fingerprint density at radius 3 is 2.54 bits per heavy atom. The third-order valence-electron chi connectivity index (χ3n) is 8.24. The average Bonchev–Trinajstić information content (AvgIpc) is 2.95. The van der Waals surface area contributed by atoms with Crippen LogP contribution >= 0.6 is 0 Å². The first-order valence-corrected chi connectivity index (χ1v) is 10.0. The molecular weight excluding hydrogens is 328 g/mol. The summed E-state index contributed by atoms with van der Waals surface area (Å²) in [6.07, 6.45) is 9.31. The fourth-order valence-electron chi connectivity index (χ4n) is 6.78. The van der Waals surface area contributed by atoms with Gasteiger partial charge in [0.05, 0.1) is 17.5 Å². The van der Waals surface area contributed by atoms with Gasteiger partial charge in [0.15, 0.2) is 0 Å². The minimum Gasteiger partial charge on any atom is -0.399 e. The highest BCUT2D eigenvalue weighted by atomic mass is 16.6. The number of allylic oxidation sites excluding steroid dienone is 2. The van der Waals surface area contributed by atoms with Crippen LogP contribution < -0.4 is 0 Å². The highest BCUT2D eigenvalue weighted by Crippen LogP contribution is 2.64.